The molecule has 3 N–H and O–H groups in total. The maximum atomic E-state index is 13.6. The highest BCUT2D eigenvalue weighted by Gasteiger charge is 2.25. The standard InChI is InChI=1S/C12H12F2N4O2S/c13-8-2-1-3-10(11(8)14)21(19,20)18-12-7-6-15-5-4-9(7)16-17-12/h1-3,15H,4-6H2,(H2,16,17,18). The van der Waals surface area contributed by atoms with Crippen molar-refractivity contribution in [2.45, 2.75) is 17.9 Å². The lowest BCUT2D eigenvalue weighted by molar-refractivity contribution is 0.485. The maximum absolute atomic E-state index is 13.6. The van der Waals surface area contributed by atoms with Crippen LogP contribution in [0.3, 0.4) is 0 Å². The van der Waals surface area contributed by atoms with E-state index in [2.05, 4.69) is 20.2 Å². The highest BCUT2D eigenvalue weighted by molar-refractivity contribution is 7.92. The van der Waals surface area contributed by atoms with Crippen LogP contribution in [0.5, 0.6) is 0 Å². The molecule has 0 amide bonds. The van der Waals surface area contributed by atoms with Gasteiger partial charge < -0.3 is 5.32 Å². The summed E-state index contributed by atoms with van der Waals surface area (Å²) < 4.78 is 53.3. The lowest BCUT2D eigenvalue weighted by Gasteiger charge is -2.14. The molecule has 2 aromatic rings. The minimum atomic E-state index is -4.25. The quantitative estimate of drug-likeness (QED) is 0.793. The first kappa shape index (κ1) is 14.0. The minimum absolute atomic E-state index is 0.0980. The van der Waals surface area contributed by atoms with Crippen molar-refractivity contribution in [2.24, 2.45) is 0 Å². The van der Waals surface area contributed by atoms with E-state index in [4.69, 9.17) is 0 Å². The van der Waals surface area contributed by atoms with Crippen LogP contribution in [0.2, 0.25) is 0 Å². The zero-order valence-corrected chi connectivity index (χ0v) is 11.6. The Balaban J connectivity index is 1.97. The summed E-state index contributed by atoms with van der Waals surface area (Å²) in [6, 6.07) is 2.99. The van der Waals surface area contributed by atoms with Gasteiger partial charge in [-0.3, -0.25) is 9.82 Å². The summed E-state index contributed by atoms with van der Waals surface area (Å²) in [5.41, 5.74) is 1.51. The van der Waals surface area contributed by atoms with Crippen molar-refractivity contribution in [3.8, 4) is 0 Å². The zero-order valence-electron chi connectivity index (χ0n) is 10.8. The predicted octanol–water partition coefficient (Wildman–Crippen LogP) is 1.13. The van der Waals surface area contributed by atoms with Gasteiger partial charge in [-0.25, -0.2) is 17.2 Å². The van der Waals surface area contributed by atoms with Crippen molar-refractivity contribution in [3.05, 3.63) is 41.1 Å². The van der Waals surface area contributed by atoms with Gasteiger partial charge >= 0.3 is 0 Å². The average Bonchev–Trinajstić information content (AvgIpc) is 2.84. The number of sulfonamides is 1. The van der Waals surface area contributed by atoms with Gasteiger partial charge in [-0.2, -0.15) is 5.10 Å². The molecule has 0 aliphatic carbocycles. The summed E-state index contributed by atoms with van der Waals surface area (Å²) in [4.78, 5) is -0.747. The SMILES string of the molecule is O=S(=O)(Nc1n[nH]c2c1CNCC2)c1cccc(F)c1F. The Bertz CT molecular complexity index is 789. The molecule has 1 aliphatic heterocycles. The Morgan fingerprint density at radius 3 is 2.90 bits per heavy atom. The molecule has 0 unspecified atom stereocenters. The van der Waals surface area contributed by atoms with Crippen LogP contribution in [0.25, 0.3) is 0 Å². The van der Waals surface area contributed by atoms with Crippen LogP contribution in [-0.2, 0) is 23.0 Å². The second-order valence-corrected chi connectivity index (χ2v) is 6.26. The van der Waals surface area contributed by atoms with Crippen LogP contribution in [0.4, 0.5) is 14.6 Å². The number of anilines is 1. The van der Waals surface area contributed by atoms with Gasteiger partial charge in [0, 0.05) is 30.8 Å². The normalized spacial score (nSPS) is 14.8. The Morgan fingerprint density at radius 1 is 1.29 bits per heavy atom. The van der Waals surface area contributed by atoms with Gasteiger partial charge in [0.05, 0.1) is 0 Å². The molecule has 1 aliphatic rings. The van der Waals surface area contributed by atoms with Gasteiger partial charge in [0.1, 0.15) is 4.90 Å². The number of halogens is 2. The van der Waals surface area contributed by atoms with Crippen LogP contribution in [0.1, 0.15) is 11.3 Å². The summed E-state index contributed by atoms with van der Waals surface area (Å²) in [5, 5.41) is 9.72. The van der Waals surface area contributed by atoms with Gasteiger partial charge in [0.15, 0.2) is 17.5 Å². The fourth-order valence-electron chi connectivity index (χ4n) is 2.18. The molecule has 1 aromatic heterocycles. The summed E-state index contributed by atoms with van der Waals surface area (Å²) in [7, 11) is -4.25. The molecule has 0 fully saturated rings. The monoisotopic (exact) mass is 314 g/mol. The Kier molecular flexibility index (Phi) is 3.38. The fraction of sp³-hybridized carbons (Fsp3) is 0.250. The fourth-order valence-corrected chi connectivity index (χ4v) is 3.31. The van der Waals surface area contributed by atoms with Crippen molar-refractivity contribution in [3.63, 3.8) is 0 Å². The molecule has 2 heterocycles. The molecule has 6 nitrogen and oxygen atoms in total. The van der Waals surface area contributed by atoms with Crippen molar-refractivity contribution >= 4 is 15.8 Å². The van der Waals surface area contributed by atoms with E-state index in [0.29, 0.717) is 18.5 Å². The third-order valence-electron chi connectivity index (χ3n) is 3.24. The number of fused-ring (bicyclic) bond motifs is 1. The molecule has 21 heavy (non-hydrogen) atoms. The number of nitrogens with zero attached hydrogens (tertiary/aromatic N) is 1. The second kappa shape index (κ2) is 5.08. The lowest BCUT2D eigenvalue weighted by Crippen LogP contribution is -2.24. The van der Waals surface area contributed by atoms with Crippen LogP contribution in [-0.4, -0.2) is 25.2 Å². The molecule has 0 atom stereocenters. The van der Waals surface area contributed by atoms with Crippen LogP contribution < -0.4 is 10.0 Å². The number of aromatic amines is 1. The van der Waals surface area contributed by atoms with E-state index >= 15 is 0 Å². The second-order valence-electron chi connectivity index (χ2n) is 4.61. The van der Waals surface area contributed by atoms with E-state index in [9.17, 15) is 17.2 Å². The molecular weight excluding hydrogens is 302 g/mol. The molecule has 9 heteroatoms. The highest BCUT2D eigenvalue weighted by Crippen LogP contribution is 2.24. The summed E-state index contributed by atoms with van der Waals surface area (Å²) in [6.45, 7) is 1.22. The van der Waals surface area contributed by atoms with Crippen molar-refractivity contribution in [1.29, 1.82) is 0 Å². The maximum Gasteiger partial charge on any atom is 0.266 e. The molecule has 0 bridgehead atoms. The summed E-state index contributed by atoms with van der Waals surface area (Å²) >= 11 is 0. The van der Waals surface area contributed by atoms with Crippen LogP contribution in [0, 0.1) is 11.6 Å². The van der Waals surface area contributed by atoms with Gasteiger partial charge in [-0.05, 0) is 12.1 Å². The molecule has 112 valence electrons. The van der Waals surface area contributed by atoms with E-state index in [1.54, 1.807) is 0 Å². The molecule has 1 aromatic carbocycles. The number of nitrogens with one attached hydrogen (secondary N) is 3. The van der Waals surface area contributed by atoms with Gasteiger partial charge in [0.25, 0.3) is 10.0 Å². The third kappa shape index (κ3) is 2.49. The number of hydrogen-bond acceptors (Lipinski definition) is 4. The third-order valence-corrected chi connectivity index (χ3v) is 4.60. The minimum Gasteiger partial charge on any atom is -0.312 e. The number of benzene rings is 1. The van der Waals surface area contributed by atoms with Crippen molar-refractivity contribution in [1.82, 2.24) is 15.5 Å². The Hall–Kier alpha value is -2.00. The molecule has 0 saturated carbocycles. The van der Waals surface area contributed by atoms with Crippen LogP contribution >= 0.6 is 0 Å². The van der Waals surface area contributed by atoms with Crippen molar-refractivity contribution in [2.75, 3.05) is 11.3 Å². The highest BCUT2D eigenvalue weighted by atomic mass is 32.2. The van der Waals surface area contributed by atoms with Gasteiger partial charge in [0.2, 0.25) is 0 Å². The first-order chi connectivity index (χ1) is 9.99. The van der Waals surface area contributed by atoms with E-state index in [1.807, 2.05) is 0 Å². The van der Waals surface area contributed by atoms with E-state index in [0.717, 1.165) is 30.4 Å². The molecule has 3 rings (SSSR count). The smallest absolute Gasteiger partial charge is 0.266 e. The van der Waals surface area contributed by atoms with E-state index in [1.165, 1.54) is 0 Å². The average molecular weight is 314 g/mol. The first-order valence-corrected chi connectivity index (χ1v) is 7.71. The summed E-state index contributed by atoms with van der Waals surface area (Å²) in [6.07, 6.45) is 0.693. The molecular formula is C12H12F2N4O2S. The molecule has 0 radical (unpaired) electrons. The van der Waals surface area contributed by atoms with E-state index in [-0.39, 0.29) is 5.82 Å². The largest absolute Gasteiger partial charge is 0.312 e. The number of rotatable bonds is 3. The number of aromatic nitrogens is 2. The number of H-pyrrole nitrogens is 1. The lowest BCUT2D eigenvalue weighted by atomic mass is 10.1. The van der Waals surface area contributed by atoms with Gasteiger partial charge in [-0.15, -0.1) is 0 Å². The zero-order chi connectivity index (χ0) is 15.0. The van der Waals surface area contributed by atoms with Crippen LogP contribution in [0.15, 0.2) is 23.1 Å². The Morgan fingerprint density at radius 2 is 2.10 bits per heavy atom. The van der Waals surface area contributed by atoms with Crippen molar-refractivity contribution < 1.29 is 17.2 Å². The molecule has 0 spiro atoms. The summed E-state index contributed by atoms with van der Waals surface area (Å²) in [5.74, 6) is -2.53. The Labute approximate surface area is 119 Å². The van der Waals surface area contributed by atoms with Gasteiger partial charge in [-0.1, -0.05) is 6.07 Å². The molecule has 0 saturated heterocycles. The topological polar surface area (TPSA) is 86.9 Å². The van der Waals surface area contributed by atoms with E-state index < -0.39 is 26.6 Å². The number of hydrogen-bond donors (Lipinski definition) is 3. The first-order valence-electron chi connectivity index (χ1n) is 6.22. The predicted molar refractivity (Wildman–Crippen MR) is 71.2 cm³/mol.